The summed E-state index contributed by atoms with van der Waals surface area (Å²) in [7, 11) is 0. The van der Waals surface area contributed by atoms with E-state index in [-0.39, 0.29) is 5.91 Å². The Balaban J connectivity index is 2.06. The highest BCUT2D eigenvalue weighted by Crippen LogP contribution is 2.20. The molecule has 0 aliphatic rings. The van der Waals surface area contributed by atoms with Crippen molar-refractivity contribution in [3.63, 3.8) is 0 Å². The summed E-state index contributed by atoms with van der Waals surface area (Å²) in [4.78, 5) is 16.2. The molecule has 4 heteroatoms. The van der Waals surface area contributed by atoms with Gasteiger partial charge < -0.3 is 10.6 Å². The molecule has 23 heavy (non-hydrogen) atoms. The van der Waals surface area contributed by atoms with Gasteiger partial charge in [-0.3, -0.25) is 9.78 Å². The molecule has 2 N–H and O–H groups in total. The van der Waals surface area contributed by atoms with Gasteiger partial charge in [0.2, 0.25) is 0 Å². The molecule has 0 fully saturated rings. The third-order valence-electron chi connectivity index (χ3n) is 3.54. The summed E-state index contributed by atoms with van der Waals surface area (Å²) in [5.41, 5.74) is 3.65. The van der Waals surface area contributed by atoms with Gasteiger partial charge in [-0.1, -0.05) is 39.8 Å². The molecule has 0 saturated heterocycles. The van der Waals surface area contributed by atoms with E-state index in [9.17, 15) is 4.79 Å². The summed E-state index contributed by atoms with van der Waals surface area (Å²) in [5.74, 6) is 0.844. The van der Waals surface area contributed by atoms with Crippen molar-refractivity contribution in [3.05, 3.63) is 53.9 Å². The monoisotopic (exact) mass is 311 g/mol. The SMILES string of the molecule is CC(C)CNC(=O)c1cncc(Nc2ccc(C(C)C)cc2)c1. The molecule has 0 saturated carbocycles. The standard InChI is InChI=1S/C19H25N3O/c1-13(2)10-21-19(23)16-9-18(12-20-11-16)22-17-7-5-15(6-8-17)14(3)4/h5-9,11-14,22H,10H2,1-4H3,(H,21,23). The summed E-state index contributed by atoms with van der Waals surface area (Å²) in [6.07, 6.45) is 3.30. The summed E-state index contributed by atoms with van der Waals surface area (Å²) < 4.78 is 0. The smallest absolute Gasteiger partial charge is 0.252 e. The fraction of sp³-hybridized carbons (Fsp3) is 0.368. The van der Waals surface area contributed by atoms with Crippen molar-refractivity contribution < 1.29 is 4.79 Å². The first-order chi connectivity index (χ1) is 11.0. The van der Waals surface area contributed by atoms with Gasteiger partial charge >= 0.3 is 0 Å². The maximum Gasteiger partial charge on any atom is 0.252 e. The third-order valence-corrected chi connectivity index (χ3v) is 3.54. The maximum atomic E-state index is 12.1. The van der Waals surface area contributed by atoms with E-state index in [1.54, 1.807) is 12.4 Å². The number of hydrogen-bond donors (Lipinski definition) is 2. The summed E-state index contributed by atoms with van der Waals surface area (Å²) in [6, 6.07) is 10.1. The van der Waals surface area contributed by atoms with Gasteiger partial charge in [-0.2, -0.15) is 0 Å². The molecule has 1 amide bonds. The number of rotatable bonds is 6. The second kappa shape index (κ2) is 7.77. The summed E-state index contributed by atoms with van der Waals surface area (Å²) >= 11 is 0. The Morgan fingerprint density at radius 2 is 1.74 bits per heavy atom. The van der Waals surface area contributed by atoms with Crippen molar-refractivity contribution in [2.45, 2.75) is 33.6 Å². The number of carbonyl (C=O) groups is 1. The van der Waals surface area contributed by atoms with Gasteiger partial charge in [0.15, 0.2) is 0 Å². The predicted molar refractivity (Wildman–Crippen MR) is 95.2 cm³/mol. The van der Waals surface area contributed by atoms with Gasteiger partial charge in [-0.15, -0.1) is 0 Å². The number of benzene rings is 1. The Morgan fingerprint density at radius 1 is 1.04 bits per heavy atom. The van der Waals surface area contributed by atoms with Crippen molar-refractivity contribution in [1.29, 1.82) is 0 Å². The van der Waals surface area contributed by atoms with E-state index in [0.29, 0.717) is 23.9 Å². The molecule has 0 aliphatic carbocycles. The van der Waals surface area contributed by atoms with Gasteiger partial charge in [0.1, 0.15) is 0 Å². The molecule has 1 aromatic heterocycles. The first-order valence-corrected chi connectivity index (χ1v) is 8.06. The quantitative estimate of drug-likeness (QED) is 0.834. The Labute approximate surface area is 138 Å². The number of pyridine rings is 1. The van der Waals surface area contributed by atoms with E-state index in [1.807, 2.05) is 18.2 Å². The number of nitrogens with zero attached hydrogens (tertiary/aromatic N) is 1. The van der Waals surface area contributed by atoms with Crippen molar-refractivity contribution >= 4 is 17.3 Å². The van der Waals surface area contributed by atoms with Crippen LogP contribution in [0.15, 0.2) is 42.7 Å². The van der Waals surface area contributed by atoms with E-state index >= 15 is 0 Å². The van der Waals surface area contributed by atoms with E-state index in [0.717, 1.165) is 11.4 Å². The summed E-state index contributed by atoms with van der Waals surface area (Å²) in [5, 5.41) is 6.19. The number of amides is 1. The Hall–Kier alpha value is -2.36. The van der Waals surface area contributed by atoms with E-state index in [2.05, 4.69) is 55.4 Å². The highest BCUT2D eigenvalue weighted by molar-refractivity contribution is 5.94. The zero-order valence-electron chi connectivity index (χ0n) is 14.3. The van der Waals surface area contributed by atoms with Crippen LogP contribution in [-0.2, 0) is 0 Å². The zero-order chi connectivity index (χ0) is 16.8. The molecule has 2 rings (SSSR count). The molecule has 4 nitrogen and oxygen atoms in total. The first kappa shape index (κ1) is 17.0. The normalized spacial score (nSPS) is 10.9. The second-order valence-electron chi connectivity index (χ2n) is 6.47. The highest BCUT2D eigenvalue weighted by Gasteiger charge is 2.08. The Kier molecular flexibility index (Phi) is 5.74. The lowest BCUT2D eigenvalue weighted by atomic mass is 10.0. The molecular weight excluding hydrogens is 286 g/mol. The molecule has 0 atom stereocenters. The first-order valence-electron chi connectivity index (χ1n) is 8.06. The van der Waals surface area contributed by atoms with E-state index in [4.69, 9.17) is 0 Å². The number of aromatic nitrogens is 1. The fourth-order valence-electron chi connectivity index (χ4n) is 2.15. The number of carbonyl (C=O) groups excluding carboxylic acids is 1. The minimum Gasteiger partial charge on any atom is -0.354 e. The van der Waals surface area contributed by atoms with Crippen molar-refractivity contribution in [3.8, 4) is 0 Å². The van der Waals surface area contributed by atoms with Crippen LogP contribution in [0, 0.1) is 5.92 Å². The van der Waals surface area contributed by atoms with Crippen molar-refractivity contribution in [1.82, 2.24) is 10.3 Å². The highest BCUT2D eigenvalue weighted by atomic mass is 16.1. The van der Waals surface area contributed by atoms with Crippen LogP contribution in [0.2, 0.25) is 0 Å². The fourth-order valence-corrected chi connectivity index (χ4v) is 2.15. The third kappa shape index (κ3) is 5.09. The molecule has 0 aliphatic heterocycles. The number of nitrogens with one attached hydrogen (secondary N) is 2. The van der Waals surface area contributed by atoms with Crippen LogP contribution in [0.5, 0.6) is 0 Å². The van der Waals surface area contributed by atoms with E-state index in [1.165, 1.54) is 5.56 Å². The molecule has 0 unspecified atom stereocenters. The minimum absolute atomic E-state index is 0.0926. The zero-order valence-corrected chi connectivity index (χ0v) is 14.3. The molecule has 0 spiro atoms. The largest absolute Gasteiger partial charge is 0.354 e. The lowest BCUT2D eigenvalue weighted by Crippen LogP contribution is -2.27. The van der Waals surface area contributed by atoms with Crippen LogP contribution >= 0.6 is 0 Å². The van der Waals surface area contributed by atoms with Gasteiger partial charge in [-0.25, -0.2) is 0 Å². The van der Waals surface area contributed by atoms with Crippen LogP contribution in [0.3, 0.4) is 0 Å². The Bertz CT molecular complexity index is 648. The second-order valence-corrected chi connectivity index (χ2v) is 6.47. The van der Waals surface area contributed by atoms with Crippen LogP contribution in [-0.4, -0.2) is 17.4 Å². The molecule has 0 radical (unpaired) electrons. The lowest BCUT2D eigenvalue weighted by molar-refractivity contribution is 0.0948. The van der Waals surface area contributed by atoms with Crippen molar-refractivity contribution in [2.75, 3.05) is 11.9 Å². The molecule has 2 aromatic rings. The van der Waals surface area contributed by atoms with E-state index < -0.39 is 0 Å². The minimum atomic E-state index is -0.0926. The topological polar surface area (TPSA) is 54.0 Å². The van der Waals surface area contributed by atoms with Crippen LogP contribution in [0.1, 0.15) is 49.5 Å². The molecular formula is C19H25N3O. The lowest BCUT2D eigenvalue weighted by Gasteiger charge is -2.11. The maximum absolute atomic E-state index is 12.1. The van der Waals surface area contributed by atoms with Gasteiger partial charge in [0.25, 0.3) is 5.91 Å². The van der Waals surface area contributed by atoms with Crippen LogP contribution < -0.4 is 10.6 Å². The molecule has 1 heterocycles. The molecule has 1 aromatic carbocycles. The molecule has 122 valence electrons. The summed E-state index contributed by atoms with van der Waals surface area (Å²) in [6.45, 7) is 9.14. The van der Waals surface area contributed by atoms with Gasteiger partial charge in [-0.05, 0) is 35.6 Å². The van der Waals surface area contributed by atoms with Gasteiger partial charge in [0, 0.05) is 18.4 Å². The predicted octanol–water partition coefficient (Wildman–Crippen LogP) is 4.33. The average Bonchev–Trinajstić information content (AvgIpc) is 2.53. The number of anilines is 2. The number of hydrogen-bond acceptors (Lipinski definition) is 3. The van der Waals surface area contributed by atoms with Gasteiger partial charge in [0.05, 0.1) is 17.4 Å². The Morgan fingerprint density at radius 3 is 2.35 bits per heavy atom. The van der Waals surface area contributed by atoms with Crippen LogP contribution in [0.25, 0.3) is 0 Å². The van der Waals surface area contributed by atoms with Crippen LogP contribution in [0.4, 0.5) is 11.4 Å². The average molecular weight is 311 g/mol. The molecule has 0 bridgehead atoms. The van der Waals surface area contributed by atoms with Crippen molar-refractivity contribution in [2.24, 2.45) is 5.92 Å².